The van der Waals surface area contributed by atoms with Crippen LogP contribution in [0.4, 0.5) is 0 Å². The molecule has 1 N–H and O–H groups in total. The number of hydrogen-bond acceptors (Lipinski definition) is 3. The van der Waals surface area contributed by atoms with Gasteiger partial charge in [-0.15, -0.1) is 0 Å². The fourth-order valence-electron chi connectivity index (χ4n) is 1.13. The molecule has 3 nitrogen and oxygen atoms in total. The standard InChI is InChI=1S/C13H19BO3/c1-12(2,16)13(3,4)17-14-11-7-5-10(9-15)6-8-11/h5-9,14,16H,1-4H3. The van der Waals surface area contributed by atoms with E-state index >= 15 is 0 Å². The van der Waals surface area contributed by atoms with Crippen molar-refractivity contribution in [3.05, 3.63) is 29.8 Å². The van der Waals surface area contributed by atoms with Gasteiger partial charge >= 0.3 is 7.48 Å². The van der Waals surface area contributed by atoms with Gasteiger partial charge in [0.25, 0.3) is 0 Å². The van der Waals surface area contributed by atoms with E-state index in [1.54, 1.807) is 26.0 Å². The number of rotatable bonds is 5. The minimum atomic E-state index is -0.907. The van der Waals surface area contributed by atoms with Crippen molar-refractivity contribution in [1.29, 1.82) is 0 Å². The van der Waals surface area contributed by atoms with Gasteiger partial charge in [0.2, 0.25) is 0 Å². The molecule has 0 radical (unpaired) electrons. The molecule has 0 amide bonds. The maximum absolute atomic E-state index is 10.5. The Morgan fingerprint density at radius 3 is 2.12 bits per heavy atom. The second-order valence-electron chi connectivity index (χ2n) is 5.22. The Kier molecular flexibility index (Phi) is 4.12. The minimum absolute atomic E-state index is 0.413. The van der Waals surface area contributed by atoms with Crippen LogP contribution < -0.4 is 5.46 Å². The maximum Gasteiger partial charge on any atom is 0.309 e. The highest BCUT2D eigenvalue weighted by atomic mass is 16.5. The molecule has 0 unspecified atom stereocenters. The SMILES string of the molecule is CC(C)(O)C(C)(C)OBc1ccc(C=O)cc1. The molecule has 0 bridgehead atoms. The van der Waals surface area contributed by atoms with Crippen LogP contribution >= 0.6 is 0 Å². The van der Waals surface area contributed by atoms with Crippen LogP contribution in [0.5, 0.6) is 0 Å². The molecule has 0 atom stereocenters. The molecule has 0 spiro atoms. The van der Waals surface area contributed by atoms with Crippen LogP contribution in [0, 0.1) is 0 Å². The zero-order valence-electron chi connectivity index (χ0n) is 10.9. The molecular formula is C13H19BO3. The van der Waals surface area contributed by atoms with E-state index in [0.29, 0.717) is 13.0 Å². The number of carbonyl (C=O) groups excluding carboxylic acids is 1. The Balaban J connectivity index is 2.64. The number of carbonyl (C=O) groups is 1. The molecule has 17 heavy (non-hydrogen) atoms. The van der Waals surface area contributed by atoms with Gasteiger partial charge in [-0.3, -0.25) is 4.79 Å². The lowest BCUT2D eigenvalue weighted by molar-refractivity contribution is -0.0893. The molecule has 0 saturated heterocycles. The van der Waals surface area contributed by atoms with Crippen molar-refractivity contribution in [2.24, 2.45) is 0 Å². The molecular weight excluding hydrogens is 215 g/mol. The fourth-order valence-corrected chi connectivity index (χ4v) is 1.13. The molecule has 0 fully saturated rings. The van der Waals surface area contributed by atoms with Gasteiger partial charge in [0, 0.05) is 5.56 Å². The van der Waals surface area contributed by atoms with E-state index in [1.165, 1.54) is 0 Å². The van der Waals surface area contributed by atoms with Gasteiger partial charge in [-0.05, 0) is 27.7 Å². The summed E-state index contributed by atoms with van der Waals surface area (Å²) in [6, 6.07) is 7.21. The molecule has 92 valence electrons. The summed E-state index contributed by atoms with van der Waals surface area (Å²) in [5.74, 6) is 0. The maximum atomic E-state index is 10.5. The van der Waals surface area contributed by atoms with E-state index < -0.39 is 11.2 Å². The largest absolute Gasteiger partial charge is 0.427 e. The first-order valence-electron chi connectivity index (χ1n) is 5.67. The lowest BCUT2D eigenvalue weighted by atomic mass is 9.82. The van der Waals surface area contributed by atoms with Crippen LogP contribution in [0.3, 0.4) is 0 Å². The smallest absolute Gasteiger partial charge is 0.309 e. The summed E-state index contributed by atoms with van der Waals surface area (Å²) >= 11 is 0. The number of aliphatic hydroxyl groups is 1. The normalized spacial score (nSPS) is 12.3. The Morgan fingerprint density at radius 1 is 1.18 bits per heavy atom. The molecule has 1 aromatic rings. The van der Waals surface area contributed by atoms with Crippen LogP contribution in [0.15, 0.2) is 24.3 Å². The van der Waals surface area contributed by atoms with Crippen molar-refractivity contribution in [2.45, 2.75) is 38.9 Å². The van der Waals surface area contributed by atoms with Crippen LogP contribution in [-0.2, 0) is 4.65 Å². The summed E-state index contributed by atoms with van der Waals surface area (Å²) in [5.41, 5.74) is 0.0925. The van der Waals surface area contributed by atoms with Crippen molar-refractivity contribution in [1.82, 2.24) is 0 Å². The van der Waals surface area contributed by atoms with Crippen molar-refractivity contribution in [3.8, 4) is 0 Å². The highest BCUT2D eigenvalue weighted by Gasteiger charge is 2.35. The molecule has 0 aliphatic heterocycles. The lowest BCUT2D eigenvalue weighted by Gasteiger charge is -2.37. The minimum Gasteiger partial charge on any atom is -0.427 e. The molecule has 4 heteroatoms. The van der Waals surface area contributed by atoms with E-state index in [-0.39, 0.29) is 0 Å². The highest BCUT2D eigenvalue weighted by molar-refractivity contribution is 6.47. The summed E-state index contributed by atoms with van der Waals surface area (Å²) in [6.45, 7) is 7.16. The fraction of sp³-hybridized carbons (Fsp3) is 0.462. The quantitative estimate of drug-likeness (QED) is 0.611. The molecule has 1 rings (SSSR count). The first-order chi connectivity index (χ1) is 7.76. The van der Waals surface area contributed by atoms with Crippen LogP contribution in [0.1, 0.15) is 38.1 Å². The van der Waals surface area contributed by atoms with Crippen LogP contribution in [0.2, 0.25) is 0 Å². The number of aldehydes is 1. The number of hydrogen-bond donors (Lipinski definition) is 1. The predicted molar refractivity (Wildman–Crippen MR) is 70.1 cm³/mol. The van der Waals surface area contributed by atoms with Crippen LogP contribution in [-0.4, -0.2) is 30.1 Å². The molecule has 0 aliphatic carbocycles. The second kappa shape index (κ2) is 5.02. The third-order valence-electron chi connectivity index (χ3n) is 3.19. The van der Waals surface area contributed by atoms with E-state index in [9.17, 15) is 9.90 Å². The highest BCUT2D eigenvalue weighted by Crippen LogP contribution is 2.24. The van der Waals surface area contributed by atoms with Crippen LogP contribution in [0.25, 0.3) is 0 Å². The van der Waals surface area contributed by atoms with E-state index in [1.807, 2.05) is 26.0 Å². The van der Waals surface area contributed by atoms with E-state index in [4.69, 9.17) is 4.65 Å². The average Bonchev–Trinajstić information content (AvgIpc) is 2.25. The van der Waals surface area contributed by atoms with E-state index in [0.717, 1.165) is 11.7 Å². The summed E-state index contributed by atoms with van der Waals surface area (Å²) in [6.07, 6.45) is 0.811. The van der Waals surface area contributed by atoms with Gasteiger partial charge in [-0.25, -0.2) is 0 Å². The van der Waals surface area contributed by atoms with Gasteiger partial charge in [0.05, 0.1) is 11.2 Å². The lowest BCUT2D eigenvalue weighted by Crippen LogP contribution is -2.49. The zero-order chi connectivity index (χ0) is 13.1. The third-order valence-corrected chi connectivity index (χ3v) is 3.19. The first kappa shape index (κ1) is 13.9. The zero-order valence-corrected chi connectivity index (χ0v) is 10.9. The molecule has 1 aromatic carbocycles. The van der Waals surface area contributed by atoms with Gasteiger partial charge in [0.1, 0.15) is 6.29 Å². The van der Waals surface area contributed by atoms with Gasteiger partial charge in [0.15, 0.2) is 0 Å². The molecule has 0 aromatic heterocycles. The van der Waals surface area contributed by atoms with Crippen molar-refractivity contribution < 1.29 is 14.6 Å². The molecule has 0 heterocycles. The Morgan fingerprint density at radius 2 is 1.71 bits per heavy atom. The first-order valence-corrected chi connectivity index (χ1v) is 5.67. The monoisotopic (exact) mass is 234 g/mol. The Labute approximate surface area is 103 Å². The van der Waals surface area contributed by atoms with Crippen molar-refractivity contribution in [3.63, 3.8) is 0 Å². The third kappa shape index (κ3) is 3.68. The number of benzene rings is 1. The predicted octanol–water partition coefficient (Wildman–Crippen LogP) is 1.04. The van der Waals surface area contributed by atoms with Gasteiger partial charge in [-0.2, -0.15) is 0 Å². The summed E-state index contributed by atoms with van der Waals surface area (Å²) in [7, 11) is 0.413. The Hall–Kier alpha value is -1.13. The topological polar surface area (TPSA) is 46.5 Å². The van der Waals surface area contributed by atoms with Gasteiger partial charge in [-0.1, -0.05) is 29.7 Å². The molecule has 0 saturated carbocycles. The average molecular weight is 234 g/mol. The summed E-state index contributed by atoms with van der Waals surface area (Å²) in [5, 5.41) is 9.93. The second-order valence-corrected chi connectivity index (χ2v) is 5.22. The van der Waals surface area contributed by atoms with Crippen molar-refractivity contribution >= 4 is 19.2 Å². The van der Waals surface area contributed by atoms with E-state index in [2.05, 4.69) is 0 Å². The summed E-state index contributed by atoms with van der Waals surface area (Å²) < 4.78 is 5.72. The Bertz CT molecular complexity index is 377. The van der Waals surface area contributed by atoms with Gasteiger partial charge < -0.3 is 9.76 Å². The summed E-state index contributed by atoms with van der Waals surface area (Å²) in [4.78, 5) is 10.5. The molecule has 0 aliphatic rings. The van der Waals surface area contributed by atoms with Crippen molar-refractivity contribution in [2.75, 3.05) is 0 Å².